The van der Waals surface area contributed by atoms with Gasteiger partial charge in [-0.2, -0.15) is 0 Å². The third kappa shape index (κ3) is 3.44. The van der Waals surface area contributed by atoms with Crippen LogP contribution in [0.5, 0.6) is 11.5 Å². The Balaban J connectivity index is 1.73. The molecule has 0 atom stereocenters. The molecule has 138 valence electrons. The van der Waals surface area contributed by atoms with Crippen LogP contribution in [-0.2, 0) is 0 Å². The van der Waals surface area contributed by atoms with Crippen LogP contribution >= 0.6 is 11.6 Å². The van der Waals surface area contributed by atoms with Gasteiger partial charge in [0.25, 0.3) is 5.79 Å². The zero-order valence-electron chi connectivity index (χ0n) is 15.1. The van der Waals surface area contributed by atoms with Gasteiger partial charge in [-0.15, -0.1) is 0 Å². The molecule has 1 saturated carbocycles. The summed E-state index contributed by atoms with van der Waals surface area (Å²) in [4.78, 5) is 13.8. The SMILES string of the molecule is CCN(CC)CC1CCC2(CC1)Oc1c(Cl)cc(C(=O)O)c(C)c1O2. The second-order valence-electron chi connectivity index (χ2n) is 7.04. The molecule has 1 aliphatic heterocycles. The minimum atomic E-state index is -1.00. The van der Waals surface area contributed by atoms with Crippen LogP contribution in [0.4, 0.5) is 0 Å². The summed E-state index contributed by atoms with van der Waals surface area (Å²) in [7, 11) is 0. The van der Waals surface area contributed by atoms with Gasteiger partial charge in [0.15, 0.2) is 11.5 Å². The van der Waals surface area contributed by atoms with Crippen LogP contribution in [-0.4, -0.2) is 41.4 Å². The number of carboxylic acids is 1. The molecule has 5 nitrogen and oxygen atoms in total. The Morgan fingerprint density at radius 3 is 2.44 bits per heavy atom. The average Bonchev–Trinajstić information content (AvgIpc) is 2.98. The summed E-state index contributed by atoms with van der Waals surface area (Å²) in [5.41, 5.74) is 0.744. The van der Waals surface area contributed by atoms with E-state index in [1.807, 2.05) is 0 Å². The standard InChI is InChI=1S/C19H26ClNO4/c1-4-21(5-2)11-13-6-8-19(9-7-13)24-16-12(3)14(18(22)23)10-15(20)17(16)25-19/h10,13H,4-9,11H2,1-3H3,(H,22,23). The quantitative estimate of drug-likeness (QED) is 0.838. The van der Waals surface area contributed by atoms with Crippen molar-refractivity contribution in [3.63, 3.8) is 0 Å². The maximum absolute atomic E-state index is 11.4. The molecular formula is C19H26ClNO4. The molecule has 6 heteroatoms. The van der Waals surface area contributed by atoms with Crippen LogP contribution in [0.1, 0.15) is 55.5 Å². The van der Waals surface area contributed by atoms with Crippen LogP contribution in [0.3, 0.4) is 0 Å². The first-order chi connectivity index (χ1) is 11.9. The topological polar surface area (TPSA) is 59.0 Å². The molecule has 1 aliphatic carbocycles. The number of ether oxygens (including phenoxy) is 2. The minimum absolute atomic E-state index is 0.166. The number of hydrogen-bond acceptors (Lipinski definition) is 4. The number of benzene rings is 1. The molecule has 0 bridgehead atoms. The number of halogens is 1. The van der Waals surface area contributed by atoms with Crippen molar-refractivity contribution in [2.75, 3.05) is 19.6 Å². The van der Waals surface area contributed by atoms with Crippen LogP contribution in [0, 0.1) is 12.8 Å². The summed E-state index contributed by atoms with van der Waals surface area (Å²) in [5, 5.41) is 9.63. The van der Waals surface area contributed by atoms with E-state index in [0.717, 1.165) is 45.3 Å². The van der Waals surface area contributed by atoms with E-state index < -0.39 is 11.8 Å². The van der Waals surface area contributed by atoms with Crippen molar-refractivity contribution in [2.24, 2.45) is 5.92 Å². The van der Waals surface area contributed by atoms with E-state index >= 15 is 0 Å². The molecule has 2 aliphatic rings. The number of rotatable bonds is 5. The van der Waals surface area contributed by atoms with E-state index in [1.165, 1.54) is 6.07 Å². The first-order valence-corrected chi connectivity index (χ1v) is 9.43. The molecular weight excluding hydrogens is 342 g/mol. The highest BCUT2D eigenvalue weighted by Gasteiger charge is 2.46. The van der Waals surface area contributed by atoms with Crippen molar-refractivity contribution in [1.82, 2.24) is 4.90 Å². The molecule has 1 aromatic carbocycles. The minimum Gasteiger partial charge on any atom is -0.478 e. The van der Waals surface area contributed by atoms with E-state index in [2.05, 4.69) is 18.7 Å². The van der Waals surface area contributed by atoms with E-state index in [9.17, 15) is 9.90 Å². The largest absolute Gasteiger partial charge is 0.478 e. The Kier molecular flexibility index (Phi) is 5.16. The molecule has 0 saturated heterocycles. The van der Waals surface area contributed by atoms with Crippen molar-refractivity contribution in [2.45, 2.75) is 52.2 Å². The predicted octanol–water partition coefficient (Wildman–Crippen LogP) is 4.35. The second kappa shape index (κ2) is 7.04. The van der Waals surface area contributed by atoms with Crippen LogP contribution in [0.25, 0.3) is 0 Å². The lowest BCUT2D eigenvalue weighted by molar-refractivity contribution is -0.115. The smallest absolute Gasteiger partial charge is 0.336 e. The van der Waals surface area contributed by atoms with Gasteiger partial charge in [-0.1, -0.05) is 25.4 Å². The van der Waals surface area contributed by atoms with Crippen LogP contribution in [0.15, 0.2) is 6.07 Å². The fourth-order valence-electron chi connectivity index (χ4n) is 3.89. The number of hydrogen-bond donors (Lipinski definition) is 1. The first kappa shape index (κ1) is 18.3. The summed E-state index contributed by atoms with van der Waals surface area (Å²) >= 11 is 6.25. The van der Waals surface area contributed by atoms with E-state index in [1.54, 1.807) is 6.92 Å². The number of fused-ring (bicyclic) bond motifs is 1. The van der Waals surface area contributed by atoms with Crippen molar-refractivity contribution in [1.29, 1.82) is 0 Å². The monoisotopic (exact) mass is 367 g/mol. The van der Waals surface area contributed by atoms with E-state index in [4.69, 9.17) is 21.1 Å². The Hall–Kier alpha value is -1.46. The highest BCUT2D eigenvalue weighted by molar-refractivity contribution is 6.32. The Morgan fingerprint density at radius 1 is 1.28 bits per heavy atom. The first-order valence-electron chi connectivity index (χ1n) is 9.06. The Morgan fingerprint density at radius 2 is 1.88 bits per heavy atom. The van der Waals surface area contributed by atoms with Gasteiger partial charge in [0.05, 0.1) is 10.6 Å². The van der Waals surface area contributed by atoms with Gasteiger partial charge < -0.3 is 19.5 Å². The van der Waals surface area contributed by atoms with Gasteiger partial charge in [-0.05, 0) is 44.8 Å². The highest BCUT2D eigenvalue weighted by Crippen LogP contribution is 2.52. The lowest BCUT2D eigenvalue weighted by atomic mass is 9.84. The van der Waals surface area contributed by atoms with Gasteiger partial charge in [0, 0.05) is 24.9 Å². The summed E-state index contributed by atoms with van der Waals surface area (Å²) in [6, 6.07) is 1.45. The molecule has 0 unspecified atom stereocenters. The highest BCUT2D eigenvalue weighted by atomic mass is 35.5. The Labute approximate surface area is 153 Å². The molecule has 1 aromatic rings. The van der Waals surface area contributed by atoms with Gasteiger partial charge in [0.1, 0.15) is 0 Å². The summed E-state index contributed by atoms with van der Waals surface area (Å²) in [6.45, 7) is 9.38. The zero-order chi connectivity index (χ0) is 18.2. The normalized spacial score (nSPS) is 24.9. The number of nitrogens with zero attached hydrogens (tertiary/aromatic N) is 1. The molecule has 1 N–H and O–H groups in total. The summed E-state index contributed by atoms with van der Waals surface area (Å²) in [6.07, 6.45) is 3.66. The van der Waals surface area contributed by atoms with Crippen LogP contribution < -0.4 is 9.47 Å². The third-order valence-electron chi connectivity index (χ3n) is 5.52. The molecule has 1 fully saturated rings. The maximum atomic E-state index is 11.4. The van der Waals surface area contributed by atoms with Crippen molar-refractivity contribution in [3.05, 3.63) is 22.2 Å². The van der Waals surface area contributed by atoms with E-state index in [0.29, 0.717) is 28.0 Å². The van der Waals surface area contributed by atoms with Gasteiger partial charge in [-0.25, -0.2) is 4.79 Å². The lowest BCUT2D eigenvalue weighted by Crippen LogP contribution is -2.44. The molecule has 0 amide bonds. The average molecular weight is 368 g/mol. The molecule has 1 spiro atoms. The fraction of sp³-hybridized carbons (Fsp3) is 0.632. The fourth-order valence-corrected chi connectivity index (χ4v) is 4.12. The van der Waals surface area contributed by atoms with Crippen molar-refractivity contribution < 1.29 is 19.4 Å². The molecule has 0 aromatic heterocycles. The van der Waals surface area contributed by atoms with Gasteiger partial charge in [-0.3, -0.25) is 0 Å². The lowest BCUT2D eigenvalue weighted by Gasteiger charge is -2.37. The Bertz CT molecular complexity index is 664. The van der Waals surface area contributed by atoms with E-state index in [-0.39, 0.29) is 5.56 Å². The summed E-state index contributed by atoms with van der Waals surface area (Å²) in [5.74, 6) is -0.0612. The van der Waals surface area contributed by atoms with Crippen molar-refractivity contribution >= 4 is 17.6 Å². The molecule has 1 heterocycles. The maximum Gasteiger partial charge on any atom is 0.336 e. The van der Waals surface area contributed by atoms with Crippen LogP contribution in [0.2, 0.25) is 5.02 Å². The third-order valence-corrected chi connectivity index (χ3v) is 5.80. The second-order valence-corrected chi connectivity index (χ2v) is 7.45. The molecule has 3 rings (SSSR count). The number of aromatic carboxylic acids is 1. The van der Waals surface area contributed by atoms with Gasteiger partial charge >= 0.3 is 5.97 Å². The predicted molar refractivity (Wildman–Crippen MR) is 96.9 cm³/mol. The number of carboxylic acid groups (broad SMARTS) is 1. The molecule has 0 radical (unpaired) electrons. The van der Waals surface area contributed by atoms with Crippen molar-refractivity contribution in [3.8, 4) is 11.5 Å². The van der Waals surface area contributed by atoms with Gasteiger partial charge in [0.2, 0.25) is 0 Å². The molecule has 25 heavy (non-hydrogen) atoms. The zero-order valence-corrected chi connectivity index (χ0v) is 15.9. The summed E-state index contributed by atoms with van der Waals surface area (Å²) < 4.78 is 12.3. The number of carbonyl (C=O) groups is 1.